The predicted molar refractivity (Wildman–Crippen MR) is 35.3 cm³/mol. The van der Waals surface area contributed by atoms with Crippen molar-refractivity contribution >= 4 is 58.0 Å². The summed E-state index contributed by atoms with van der Waals surface area (Å²) in [5, 5.41) is 0. The molecule has 0 aromatic heterocycles. The van der Waals surface area contributed by atoms with Gasteiger partial charge in [-0.05, 0) is 0 Å². The van der Waals surface area contributed by atoms with Gasteiger partial charge in [-0.1, -0.05) is 47.8 Å². The Balaban J connectivity index is 3.02. The van der Waals surface area contributed by atoms with Gasteiger partial charge in [-0.15, -0.1) is 0 Å². The SMILES string of the molecule is [Si]C(Br)(Br)Br. The van der Waals surface area contributed by atoms with Crippen LogP contribution < -0.4 is 0 Å². The van der Waals surface area contributed by atoms with Crippen LogP contribution >= 0.6 is 47.8 Å². The number of rotatable bonds is 0. The van der Waals surface area contributed by atoms with Crippen LogP contribution in [0.2, 0.25) is 0 Å². The summed E-state index contributed by atoms with van der Waals surface area (Å²) >= 11 is 9.37. The minimum Gasteiger partial charge on any atom is -0.0651 e. The fraction of sp³-hybridized carbons (Fsp3) is 1.00. The van der Waals surface area contributed by atoms with Crippen molar-refractivity contribution in [1.82, 2.24) is 0 Å². The van der Waals surface area contributed by atoms with Gasteiger partial charge < -0.3 is 0 Å². The Morgan fingerprint density at radius 3 is 1.20 bits per heavy atom. The van der Waals surface area contributed by atoms with E-state index in [-0.39, 0.29) is 1.77 Å². The highest BCUT2D eigenvalue weighted by molar-refractivity contribution is 9.40. The minimum atomic E-state index is -0.257. The van der Waals surface area contributed by atoms with Gasteiger partial charge in [-0.2, -0.15) is 0 Å². The summed E-state index contributed by atoms with van der Waals surface area (Å²) in [4.78, 5) is 0. The monoisotopic (exact) mass is 277 g/mol. The summed E-state index contributed by atoms with van der Waals surface area (Å²) in [6.07, 6.45) is 0. The fourth-order valence-corrected chi connectivity index (χ4v) is 0. The van der Waals surface area contributed by atoms with Crippen LogP contribution in [0.3, 0.4) is 0 Å². The molecule has 0 atom stereocenters. The summed E-state index contributed by atoms with van der Waals surface area (Å²) in [5.41, 5.74) is 0. The highest BCUT2D eigenvalue weighted by atomic mass is 80.0. The van der Waals surface area contributed by atoms with Crippen molar-refractivity contribution in [1.29, 1.82) is 0 Å². The van der Waals surface area contributed by atoms with Crippen molar-refractivity contribution < 1.29 is 0 Å². The molecule has 0 bridgehead atoms. The first-order valence-electron chi connectivity index (χ1n) is 0.817. The number of hydrogen-bond donors (Lipinski definition) is 0. The standard InChI is InChI=1S/CBr3Si/c2-1(3,4)5. The van der Waals surface area contributed by atoms with Crippen LogP contribution in [0.5, 0.6) is 0 Å². The summed E-state index contributed by atoms with van der Waals surface area (Å²) in [5.74, 6) is 0. The summed E-state index contributed by atoms with van der Waals surface area (Å²) in [6.45, 7) is 0. The van der Waals surface area contributed by atoms with Gasteiger partial charge >= 0.3 is 0 Å². The molecular weight excluding hydrogens is 280 g/mol. The van der Waals surface area contributed by atoms with E-state index in [1.165, 1.54) is 0 Å². The smallest absolute Gasteiger partial charge is 0.0651 e. The summed E-state index contributed by atoms with van der Waals surface area (Å²) in [7, 11) is 3.17. The van der Waals surface area contributed by atoms with E-state index in [1.54, 1.807) is 0 Å². The van der Waals surface area contributed by atoms with Gasteiger partial charge in [-0.3, -0.25) is 0 Å². The third-order valence-corrected chi connectivity index (χ3v) is 0. The molecule has 0 spiro atoms. The first-order valence-corrected chi connectivity index (χ1v) is 3.70. The Morgan fingerprint density at radius 2 is 1.20 bits per heavy atom. The lowest BCUT2D eigenvalue weighted by Gasteiger charge is -1.96. The molecular formula is CBr3Si. The molecule has 0 aliphatic rings. The molecule has 0 aromatic rings. The normalized spacial score (nSPS) is 12.0. The molecule has 0 rings (SSSR count). The van der Waals surface area contributed by atoms with Gasteiger partial charge in [0.25, 0.3) is 0 Å². The number of halogens is 3. The molecule has 0 N–H and O–H groups in total. The van der Waals surface area contributed by atoms with E-state index < -0.39 is 0 Å². The first kappa shape index (κ1) is 6.66. The van der Waals surface area contributed by atoms with E-state index in [1.807, 2.05) is 0 Å². The second-order valence-electron chi connectivity index (χ2n) is 0.498. The average Bonchev–Trinajstić information content (AvgIpc) is 0.722. The second kappa shape index (κ2) is 2.09. The van der Waals surface area contributed by atoms with Crippen LogP contribution in [0, 0.1) is 0 Å². The maximum absolute atomic E-state index is 3.17. The van der Waals surface area contributed by atoms with Crippen molar-refractivity contribution in [3.63, 3.8) is 0 Å². The van der Waals surface area contributed by atoms with Crippen molar-refractivity contribution in [3.05, 3.63) is 0 Å². The van der Waals surface area contributed by atoms with Crippen molar-refractivity contribution in [2.45, 2.75) is 1.77 Å². The molecule has 29 valence electrons. The molecule has 0 fully saturated rings. The van der Waals surface area contributed by atoms with Crippen LogP contribution in [-0.2, 0) is 0 Å². The number of hydrogen-bond acceptors (Lipinski definition) is 0. The third-order valence-electron chi connectivity index (χ3n) is 0. The molecule has 0 aromatic carbocycles. The lowest BCUT2D eigenvalue weighted by Crippen LogP contribution is -1.93. The molecule has 0 aliphatic carbocycles. The zero-order chi connectivity index (χ0) is 4.50. The lowest BCUT2D eigenvalue weighted by atomic mass is 11.9. The molecule has 0 saturated heterocycles. The molecule has 5 heavy (non-hydrogen) atoms. The zero-order valence-electron chi connectivity index (χ0n) is 2.13. The zero-order valence-corrected chi connectivity index (χ0v) is 7.89. The Bertz CT molecular complexity index is 22.4. The van der Waals surface area contributed by atoms with E-state index in [2.05, 4.69) is 58.0 Å². The topological polar surface area (TPSA) is 0 Å². The molecule has 0 saturated carbocycles. The molecule has 0 unspecified atom stereocenters. The molecule has 0 amide bonds. The largest absolute Gasteiger partial charge is 0.116 e. The van der Waals surface area contributed by atoms with Crippen LogP contribution in [-0.4, -0.2) is 12.0 Å². The molecule has 0 heterocycles. The molecule has 3 radical (unpaired) electrons. The van der Waals surface area contributed by atoms with E-state index in [0.29, 0.717) is 0 Å². The van der Waals surface area contributed by atoms with Gasteiger partial charge in [-0.25, -0.2) is 0 Å². The van der Waals surface area contributed by atoms with Gasteiger partial charge in [0.15, 0.2) is 0 Å². The van der Waals surface area contributed by atoms with E-state index >= 15 is 0 Å². The minimum absolute atomic E-state index is 0.257. The Kier molecular flexibility index (Phi) is 2.79. The second-order valence-corrected chi connectivity index (χ2v) is 10.2. The van der Waals surface area contributed by atoms with Gasteiger partial charge in [0.1, 0.15) is 1.77 Å². The maximum atomic E-state index is 3.17. The van der Waals surface area contributed by atoms with Gasteiger partial charge in [0, 0.05) is 0 Å². The highest BCUT2D eigenvalue weighted by Gasteiger charge is 2.05. The predicted octanol–water partition coefficient (Wildman–Crippen LogP) is 1.95. The van der Waals surface area contributed by atoms with Crippen LogP contribution in [0.1, 0.15) is 0 Å². The van der Waals surface area contributed by atoms with Crippen molar-refractivity contribution in [2.75, 3.05) is 0 Å². The highest BCUT2D eigenvalue weighted by Crippen LogP contribution is 2.27. The van der Waals surface area contributed by atoms with E-state index in [4.69, 9.17) is 0 Å². The fourth-order valence-electron chi connectivity index (χ4n) is 0. The van der Waals surface area contributed by atoms with Gasteiger partial charge in [0.2, 0.25) is 0 Å². The van der Waals surface area contributed by atoms with Crippen LogP contribution in [0.15, 0.2) is 0 Å². The Hall–Kier alpha value is 1.66. The molecule has 4 heteroatoms. The van der Waals surface area contributed by atoms with Crippen LogP contribution in [0.4, 0.5) is 0 Å². The van der Waals surface area contributed by atoms with E-state index in [9.17, 15) is 0 Å². The van der Waals surface area contributed by atoms with Crippen LogP contribution in [0.25, 0.3) is 0 Å². The maximum Gasteiger partial charge on any atom is 0.116 e. The average molecular weight is 280 g/mol. The van der Waals surface area contributed by atoms with Crippen molar-refractivity contribution in [2.24, 2.45) is 0 Å². The van der Waals surface area contributed by atoms with Gasteiger partial charge in [0.05, 0.1) is 10.2 Å². The number of alkyl halides is 3. The Labute approximate surface area is 59.5 Å². The lowest BCUT2D eigenvalue weighted by molar-refractivity contribution is 2.03. The molecule has 0 aliphatic heterocycles. The van der Waals surface area contributed by atoms with Crippen molar-refractivity contribution in [3.8, 4) is 0 Å². The molecule has 0 nitrogen and oxygen atoms in total. The Morgan fingerprint density at radius 1 is 1.20 bits per heavy atom. The quantitative estimate of drug-likeness (QED) is 0.470. The first-order chi connectivity index (χ1) is 2.00. The third kappa shape index (κ3) is 27.6. The summed E-state index contributed by atoms with van der Waals surface area (Å²) in [6, 6.07) is 0. The van der Waals surface area contributed by atoms with E-state index in [0.717, 1.165) is 0 Å². The summed E-state index contributed by atoms with van der Waals surface area (Å²) < 4.78 is -0.257.